The fraction of sp³-hybridized carbons (Fsp3) is 0.690. The van der Waals surface area contributed by atoms with Gasteiger partial charge in [0, 0.05) is 37.7 Å². The van der Waals surface area contributed by atoms with E-state index in [0.29, 0.717) is 18.4 Å². The molecular formula is C29H45N3O4. The van der Waals surface area contributed by atoms with Gasteiger partial charge in [0.2, 0.25) is 5.91 Å². The van der Waals surface area contributed by atoms with Gasteiger partial charge in [0.1, 0.15) is 5.60 Å². The first-order chi connectivity index (χ1) is 17.0. The summed E-state index contributed by atoms with van der Waals surface area (Å²) in [5, 5.41) is 5.47. The van der Waals surface area contributed by atoms with Crippen LogP contribution in [0.15, 0.2) is 18.2 Å². The van der Waals surface area contributed by atoms with E-state index in [1.807, 2.05) is 19.9 Å². The van der Waals surface area contributed by atoms with Crippen molar-refractivity contribution in [3.05, 3.63) is 34.9 Å². The first kappa shape index (κ1) is 28.2. The van der Waals surface area contributed by atoms with Crippen LogP contribution in [0, 0.1) is 17.8 Å². The molecular weight excluding hydrogens is 454 g/mol. The van der Waals surface area contributed by atoms with Crippen LogP contribution in [-0.4, -0.2) is 61.0 Å². The number of nitrogens with zero attached hydrogens (tertiary/aromatic N) is 1. The van der Waals surface area contributed by atoms with E-state index in [0.717, 1.165) is 50.9 Å². The van der Waals surface area contributed by atoms with Gasteiger partial charge in [-0.2, -0.15) is 0 Å². The van der Waals surface area contributed by atoms with Gasteiger partial charge in [0.25, 0.3) is 0 Å². The summed E-state index contributed by atoms with van der Waals surface area (Å²) in [4.78, 5) is 38.8. The molecule has 1 aromatic carbocycles. The van der Waals surface area contributed by atoms with Gasteiger partial charge >= 0.3 is 6.09 Å². The molecule has 7 heteroatoms. The number of carbonyl (C=O) groups excluding carboxylic acids is 3. The number of Topliss-reactive ketones (excluding diaryl/α,β-unsaturated/α-hetero) is 1. The molecule has 0 radical (unpaired) electrons. The van der Waals surface area contributed by atoms with E-state index >= 15 is 0 Å². The molecule has 1 aromatic rings. The van der Waals surface area contributed by atoms with Gasteiger partial charge in [-0.05, 0) is 88.3 Å². The third kappa shape index (κ3) is 8.91. The molecule has 0 atom stereocenters. The number of hydrogen-bond acceptors (Lipinski definition) is 5. The number of ketones is 1. The van der Waals surface area contributed by atoms with Crippen molar-refractivity contribution in [3.63, 3.8) is 0 Å². The average Bonchev–Trinajstić information content (AvgIpc) is 3.02. The molecule has 0 saturated heterocycles. The van der Waals surface area contributed by atoms with Crippen molar-refractivity contribution in [1.29, 1.82) is 0 Å². The van der Waals surface area contributed by atoms with E-state index in [1.54, 1.807) is 20.8 Å². The van der Waals surface area contributed by atoms with Crippen molar-refractivity contribution in [2.75, 3.05) is 32.7 Å². The summed E-state index contributed by atoms with van der Waals surface area (Å²) < 4.78 is 5.16. The molecule has 0 unspecified atom stereocenters. The van der Waals surface area contributed by atoms with Crippen molar-refractivity contribution in [2.24, 2.45) is 17.8 Å². The summed E-state index contributed by atoms with van der Waals surface area (Å²) in [6.45, 7) is 13.2. The summed E-state index contributed by atoms with van der Waals surface area (Å²) >= 11 is 0. The normalized spacial score (nSPS) is 20.8. The number of carbonyl (C=O) groups is 3. The van der Waals surface area contributed by atoms with E-state index < -0.39 is 11.7 Å². The summed E-state index contributed by atoms with van der Waals surface area (Å²) in [6, 6.07) is 6.30. The number of fused-ring (bicyclic) bond motifs is 1. The minimum Gasteiger partial charge on any atom is -0.444 e. The van der Waals surface area contributed by atoms with Crippen molar-refractivity contribution >= 4 is 17.8 Å². The molecule has 1 heterocycles. The van der Waals surface area contributed by atoms with Crippen LogP contribution < -0.4 is 10.6 Å². The lowest BCUT2D eigenvalue weighted by Gasteiger charge is -2.32. The maximum Gasteiger partial charge on any atom is 0.408 e. The Morgan fingerprint density at radius 1 is 0.972 bits per heavy atom. The van der Waals surface area contributed by atoms with Crippen LogP contribution in [0.1, 0.15) is 81.8 Å². The molecule has 1 saturated carbocycles. The van der Waals surface area contributed by atoms with E-state index in [4.69, 9.17) is 4.74 Å². The summed E-state index contributed by atoms with van der Waals surface area (Å²) in [5.74, 6) is 1.28. The van der Waals surface area contributed by atoms with Gasteiger partial charge < -0.3 is 20.3 Å². The van der Waals surface area contributed by atoms with Crippen LogP contribution in [0.4, 0.5) is 4.79 Å². The second-order valence-corrected chi connectivity index (χ2v) is 11.8. The fourth-order valence-electron chi connectivity index (χ4n) is 5.21. The van der Waals surface area contributed by atoms with Gasteiger partial charge in [-0.1, -0.05) is 26.0 Å². The molecule has 36 heavy (non-hydrogen) atoms. The molecule has 2 amide bonds. The van der Waals surface area contributed by atoms with E-state index in [-0.39, 0.29) is 24.2 Å². The standard InChI is InChI=1S/C29H45N3O4/c1-20(2)27(34)25-11-10-23-12-14-32(15-13-24(23)16-25)19-22-8-6-21(7-9-22)17-30-26(33)18-31-28(35)36-29(3,4)5/h10-11,16,20-22H,6-9,12-15,17-19H2,1-5H3,(H,30,33)(H,31,35). The molecule has 2 aliphatic rings. The van der Waals surface area contributed by atoms with Crippen molar-refractivity contribution in [2.45, 2.75) is 78.7 Å². The molecule has 1 aliphatic carbocycles. The largest absolute Gasteiger partial charge is 0.444 e. The Labute approximate surface area is 216 Å². The number of rotatable bonds is 8. The van der Waals surface area contributed by atoms with Crippen LogP contribution in [0.25, 0.3) is 0 Å². The van der Waals surface area contributed by atoms with Crippen molar-refractivity contribution in [3.8, 4) is 0 Å². The Hall–Kier alpha value is -2.41. The minimum atomic E-state index is -0.575. The zero-order valence-electron chi connectivity index (χ0n) is 22.8. The number of ether oxygens (including phenoxy) is 1. The lowest BCUT2D eigenvalue weighted by Crippen LogP contribution is -2.41. The Morgan fingerprint density at radius 2 is 1.61 bits per heavy atom. The first-order valence-corrected chi connectivity index (χ1v) is 13.6. The summed E-state index contributed by atoms with van der Waals surface area (Å²) in [6.07, 6.45) is 6.11. The van der Waals surface area contributed by atoms with E-state index in [1.165, 1.54) is 24.0 Å². The maximum atomic E-state index is 12.4. The quantitative estimate of drug-likeness (QED) is 0.519. The van der Waals surface area contributed by atoms with Crippen LogP contribution in [-0.2, 0) is 22.4 Å². The van der Waals surface area contributed by atoms with E-state index in [2.05, 4.69) is 27.7 Å². The monoisotopic (exact) mass is 499 g/mol. The molecule has 7 nitrogen and oxygen atoms in total. The predicted molar refractivity (Wildman–Crippen MR) is 142 cm³/mol. The Balaban J connectivity index is 1.35. The van der Waals surface area contributed by atoms with Crippen LogP contribution in [0.3, 0.4) is 0 Å². The maximum absolute atomic E-state index is 12.4. The first-order valence-electron chi connectivity index (χ1n) is 13.6. The predicted octanol–water partition coefficient (Wildman–Crippen LogP) is 4.37. The van der Waals surface area contributed by atoms with Crippen molar-refractivity contribution in [1.82, 2.24) is 15.5 Å². The molecule has 1 fully saturated rings. The van der Waals surface area contributed by atoms with Crippen LogP contribution in [0.5, 0.6) is 0 Å². The molecule has 200 valence electrons. The highest BCUT2D eigenvalue weighted by Crippen LogP contribution is 2.30. The SMILES string of the molecule is CC(C)C(=O)c1ccc2c(c1)CCN(CC1CCC(CNC(=O)CNC(=O)OC(C)(C)C)CC1)CC2. The Bertz CT molecular complexity index is 914. The second-order valence-electron chi connectivity index (χ2n) is 11.8. The molecule has 1 aliphatic heterocycles. The van der Waals surface area contributed by atoms with Gasteiger partial charge in [-0.3, -0.25) is 9.59 Å². The topological polar surface area (TPSA) is 87.7 Å². The van der Waals surface area contributed by atoms with Crippen molar-refractivity contribution < 1.29 is 19.1 Å². The Kier molecular flexibility index (Phi) is 9.94. The number of alkyl carbamates (subject to hydrolysis) is 1. The second kappa shape index (κ2) is 12.7. The molecule has 0 bridgehead atoms. The van der Waals surface area contributed by atoms with Crippen LogP contribution >= 0.6 is 0 Å². The number of nitrogens with one attached hydrogen (secondary N) is 2. The van der Waals surface area contributed by atoms with Crippen LogP contribution in [0.2, 0.25) is 0 Å². The fourth-order valence-corrected chi connectivity index (χ4v) is 5.21. The third-order valence-electron chi connectivity index (χ3n) is 7.27. The highest BCUT2D eigenvalue weighted by atomic mass is 16.6. The van der Waals surface area contributed by atoms with Gasteiger partial charge in [-0.25, -0.2) is 4.79 Å². The van der Waals surface area contributed by atoms with Gasteiger partial charge in [0.15, 0.2) is 5.78 Å². The number of amides is 2. The Morgan fingerprint density at radius 3 is 2.25 bits per heavy atom. The van der Waals surface area contributed by atoms with Gasteiger partial charge in [0.05, 0.1) is 6.54 Å². The molecule has 0 aromatic heterocycles. The van der Waals surface area contributed by atoms with E-state index in [9.17, 15) is 14.4 Å². The molecule has 2 N–H and O–H groups in total. The van der Waals surface area contributed by atoms with Gasteiger partial charge in [-0.15, -0.1) is 0 Å². The highest BCUT2D eigenvalue weighted by Gasteiger charge is 2.25. The minimum absolute atomic E-state index is 0.0303. The lowest BCUT2D eigenvalue weighted by atomic mass is 9.81. The summed E-state index contributed by atoms with van der Waals surface area (Å²) in [7, 11) is 0. The summed E-state index contributed by atoms with van der Waals surface area (Å²) in [5.41, 5.74) is 3.00. The smallest absolute Gasteiger partial charge is 0.408 e. The highest BCUT2D eigenvalue weighted by molar-refractivity contribution is 5.97. The average molecular weight is 500 g/mol. The number of benzene rings is 1. The molecule has 3 rings (SSSR count). The third-order valence-corrected chi connectivity index (χ3v) is 7.27. The number of hydrogen-bond donors (Lipinski definition) is 2. The lowest BCUT2D eigenvalue weighted by molar-refractivity contribution is -0.120. The zero-order valence-corrected chi connectivity index (χ0v) is 22.8. The molecule has 0 spiro atoms. The zero-order chi connectivity index (χ0) is 26.3.